The Morgan fingerprint density at radius 1 is 1.30 bits per heavy atom. The van der Waals surface area contributed by atoms with Gasteiger partial charge in [-0.2, -0.15) is 4.98 Å². The van der Waals surface area contributed by atoms with Crippen molar-refractivity contribution < 1.29 is 14.0 Å². The predicted octanol–water partition coefficient (Wildman–Crippen LogP) is 2.16. The molecule has 3 heterocycles. The lowest BCUT2D eigenvalue weighted by Crippen LogP contribution is -1.93. The molecule has 0 aliphatic carbocycles. The zero-order valence-electron chi connectivity index (χ0n) is 11.2. The summed E-state index contributed by atoms with van der Waals surface area (Å²) in [7, 11) is 1.60. The molecule has 3 aromatic rings. The first-order valence-electron chi connectivity index (χ1n) is 6.24. The number of methoxy groups -OCH3 is 1. The van der Waals surface area contributed by atoms with Crippen molar-refractivity contribution in [3.05, 3.63) is 24.0 Å². The number of hydrogen-bond acceptors (Lipinski definition) is 6. The molecule has 0 saturated heterocycles. The first-order chi connectivity index (χ1) is 9.80. The fourth-order valence-electron chi connectivity index (χ4n) is 1.86. The van der Waals surface area contributed by atoms with Crippen LogP contribution in [0.3, 0.4) is 0 Å². The minimum absolute atomic E-state index is 0.375. The maximum atomic E-state index is 5.35. The van der Waals surface area contributed by atoms with E-state index in [0.29, 0.717) is 42.0 Å². The van der Waals surface area contributed by atoms with Crippen molar-refractivity contribution in [3.63, 3.8) is 0 Å². The van der Waals surface area contributed by atoms with E-state index in [2.05, 4.69) is 20.1 Å². The average Bonchev–Trinajstić information content (AvgIpc) is 3.05. The van der Waals surface area contributed by atoms with Crippen LogP contribution in [0.1, 0.15) is 12.7 Å². The van der Waals surface area contributed by atoms with Crippen molar-refractivity contribution in [1.82, 2.24) is 20.1 Å². The Kier molecular flexibility index (Phi) is 3.34. The topological polar surface area (TPSA) is 86.1 Å². The second-order valence-electron chi connectivity index (χ2n) is 4.15. The van der Waals surface area contributed by atoms with Crippen molar-refractivity contribution in [2.24, 2.45) is 0 Å². The lowest BCUT2D eigenvalue weighted by atomic mass is 10.3. The largest absolute Gasteiger partial charge is 0.478 e. The monoisotopic (exact) mass is 274 g/mol. The third kappa shape index (κ3) is 2.35. The maximum Gasteiger partial charge on any atom is 0.215 e. The zero-order chi connectivity index (χ0) is 13.9. The first-order valence-corrected chi connectivity index (χ1v) is 6.24. The molecule has 0 aliphatic heterocycles. The molecule has 0 aromatic carbocycles. The van der Waals surface area contributed by atoms with Crippen LogP contribution in [0.25, 0.3) is 22.7 Å². The number of imidazole rings is 1. The van der Waals surface area contributed by atoms with Gasteiger partial charge in [0.25, 0.3) is 0 Å². The molecule has 0 fully saturated rings. The molecule has 0 saturated carbocycles. The molecule has 20 heavy (non-hydrogen) atoms. The molecule has 0 spiro atoms. The van der Waals surface area contributed by atoms with Crippen LogP contribution in [-0.4, -0.2) is 33.8 Å². The van der Waals surface area contributed by atoms with Crippen LogP contribution in [0.5, 0.6) is 5.88 Å². The highest BCUT2D eigenvalue weighted by Gasteiger charge is 2.12. The number of rotatable bonds is 5. The minimum atomic E-state index is 0.375. The van der Waals surface area contributed by atoms with Gasteiger partial charge in [-0.15, -0.1) is 0 Å². The number of aromatic amines is 1. The number of nitrogens with zero attached hydrogens (tertiary/aromatic N) is 3. The number of H-pyrrole nitrogens is 1. The molecule has 7 heteroatoms. The van der Waals surface area contributed by atoms with E-state index in [1.807, 2.05) is 13.0 Å². The van der Waals surface area contributed by atoms with E-state index in [9.17, 15) is 0 Å². The lowest BCUT2D eigenvalue weighted by Gasteiger charge is -1.99. The molecule has 0 amide bonds. The van der Waals surface area contributed by atoms with Crippen molar-refractivity contribution >= 4 is 11.2 Å². The van der Waals surface area contributed by atoms with Gasteiger partial charge < -0.3 is 19.0 Å². The summed E-state index contributed by atoms with van der Waals surface area (Å²) in [5.74, 6) is 1.80. The highest BCUT2D eigenvalue weighted by molar-refractivity contribution is 5.75. The van der Waals surface area contributed by atoms with Gasteiger partial charge in [0.1, 0.15) is 12.3 Å². The SMILES string of the molecule is CCOc1ccc2[nH]c(-c3cc(COC)on3)nc2n1. The third-order valence-electron chi connectivity index (χ3n) is 2.70. The lowest BCUT2D eigenvalue weighted by molar-refractivity contribution is 0.156. The second kappa shape index (κ2) is 5.30. The summed E-state index contributed by atoms with van der Waals surface area (Å²) in [6.45, 7) is 2.86. The summed E-state index contributed by atoms with van der Waals surface area (Å²) in [6.07, 6.45) is 0. The van der Waals surface area contributed by atoms with Gasteiger partial charge in [-0.25, -0.2) is 4.98 Å². The van der Waals surface area contributed by atoms with Gasteiger partial charge in [0.2, 0.25) is 5.88 Å². The van der Waals surface area contributed by atoms with E-state index >= 15 is 0 Å². The first kappa shape index (κ1) is 12.6. The fourth-order valence-corrected chi connectivity index (χ4v) is 1.86. The molecule has 3 rings (SSSR count). The summed E-state index contributed by atoms with van der Waals surface area (Å²) in [4.78, 5) is 11.8. The van der Waals surface area contributed by atoms with Crippen molar-refractivity contribution in [2.75, 3.05) is 13.7 Å². The molecule has 104 valence electrons. The summed E-state index contributed by atoms with van der Waals surface area (Å²) in [5, 5.41) is 3.95. The molecule has 0 aliphatic rings. The molecular formula is C13H14N4O3. The Morgan fingerprint density at radius 2 is 2.20 bits per heavy atom. The second-order valence-corrected chi connectivity index (χ2v) is 4.15. The van der Waals surface area contributed by atoms with Crippen LogP contribution in [-0.2, 0) is 11.3 Å². The molecule has 0 bridgehead atoms. The molecule has 3 aromatic heterocycles. The standard InChI is InChI=1S/C13H14N4O3/c1-3-19-11-5-4-9-12(15-11)16-13(14-9)10-6-8(7-18-2)20-17-10/h4-6H,3,7H2,1-2H3,(H,14,15,16). The van der Waals surface area contributed by atoms with E-state index in [-0.39, 0.29) is 0 Å². The van der Waals surface area contributed by atoms with Crippen molar-refractivity contribution in [1.29, 1.82) is 0 Å². The summed E-state index contributed by atoms with van der Waals surface area (Å²) in [6, 6.07) is 5.46. The Bertz CT molecular complexity index is 719. The van der Waals surface area contributed by atoms with E-state index in [0.717, 1.165) is 5.52 Å². The van der Waals surface area contributed by atoms with Gasteiger partial charge in [0, 0.05) is 19.2 Å². The van der Waals surface area contributed by atoms with E-state index < -0.39 is 0 Å². The Hall–Kier alpha value is -2.41. The molecular weight excluding hydrogens is 260 g/mol. The van der Waals surface area contributed by atoms with Gasteiger partial charge in [0.15, 0.2) is 17.2 Å². The zero-order valence-corrected chi connectivity index (χ0v) is 11.2. The predicted molar refractivity (Wildman–Crippen MR) is 71.3 cm³/mol. The van der Waals surface area contributed by atoms with E-state index in [1.165, 1.54) is 0 Å². The van der Waals surface area contributed by atoms with E-state index in [4.69, 9.17) is 14.0 Å². The van der Waals surface area contributed by atoms with Crippen LogP contribution in [0.15, 0.2) is 22.7 Å². The van der Waals surface area contributed by atoms with Crippen LogP contribution in [0.2, 0.25) is 0 Å². The molecule has 0 radical (unpaired) electrons. The third-order valence-corrected chi connectivity index (χ3v) is 2.70. The number of pyridine rings is 1. The fraction of sp³-hybridized carbons (Fsp3) is 0.308. The van der Waals surface area contributed by atoms with E-state index in [1.54, 1.807) is 19.2 Å². The summed E-state index contributed by atoms with van der Waals surface area (Å²) in [5.41, 5.74) is 2.02. The number of fused-ring (bicyclic) bond motifs is 1. The molecule has 7 nitrogen and oxygen atoms in total. The van der Waals surface area contributed by atoms with Crippen LogP contribution < -0.4 is 4.74 Å². The number of nitrogens with one attached hydrogen (secondary N) is 1. The van der Waals surface area contributed by atoms with Crippen LogP contribution >= 0.6 is 0 Å². The van der Waals surface area contributed by atoms with Gasteiger partial charge in [-0.1, -0.05) is 5.16 Å². The average molecular weight is 274 g/mol. The van der Waals surface area contributed by atoms with Crippen LogP contribution in [0, 0.1) is 0 Å². The number of aromatic nitrogens is 4. The number of ether oxygens (including phenoxy) is 2. The normalized spacial score (nSPS) is 11.1. The summed E-state index contributed by atoms with van der Waals surface area (Å²) < 4.78 is 15.5. The Labute approximate surface area is 114 Å². The van der Waals surface area contributed by atoms with Crippen LogP contribution in [0.4, 0.5) is 0 Å². The number of hydrogen-bond donors (Lipinski definition) is 1. The highest BCUT2D eigenvalue weighted by Crippen LogP contribution is 2.21. The smallest absolute Gasteiger partial charge is 0.215 e. The Morgan fingerprint density at radius 3 is 3.00 bits per heavy atom. The minimum Gasteiger partial charge on any atom is -0.478 e. The van der Waals surface area contributed by atoms with Gasteiger partial charge in [-0.05, 0) is 13.0 Å². The maximum absolute atomic E-state index is 5.35. The molecule has 0 unspecified atom stereocenters. The molecule has 0 atom stereocenters. The van der Waals surface area contributed by atoms with Crippen molar-refractivity contribution in [3.8, 4) is 17.4 Å². The van der Waals surface area contributed by atoms with Crippen molar-refractivity contribution in [2.45, 2.75) is 13.5 Å². The highest BCUT2D eigenvalue weighted by atomic mass is 16.5. The van der Waals surface area contributed by atoms with Gasteiger partial charge >= 0.3 is 0 Å². The summed E-state index contributed by atoms with van der Waals surface area (Å²) >= 11 is 0. The molecule has 1 N–H and O–H groups in total. The van der Waals surface area contributed by atoms with Gasteiger partial charge in [-0.3, -0.25) is 0 Å². The Balaban J connectivity index is 1.94. The quantitative estimate of drug-likeness (QED) is 0.767. The van der Waals surface area contributed by atoms with Gasteiger partial charge in [0.05, 0.1) is 12.1 Å².